The Balaban J connectivity index is 1.69. The van der Waals surface area contributed by atoms with E-state index in [2.05, 4.69) is 4.74 Å². The summed E-state index contributed by atoms with van der Waals surface area (Å²) in [5.74, 6) is -3.68. The molecule has 29 heavy (non-hydrogen) atoms. The number of hydrogen-bond donors (Lipinski definition) is 1. The Morgan fingerprint density at radius 3 is 2.41 bits per heavy atom. The molecule has 10 heteroatoms. The monoisotopic (exact) mass is 423 g/mol. The van der Waals surface area contributed by atoms with Crippen LogP contribution in [0.1, 0.15) is 32.6 Å². The van der Waals surface area contributed by atoms with Crippen molar-refractivity contribution < 1.29 is 41.3 Å². The van der Waals surface area contributed by atoms with E-state index >= 15 is 0 Å². The molecule has 0 aromatic heterocycles. The number of aliphatic hydroxyl groups excluding tert-OH is 1. The predicted molar refractivity (Wildman–Crippen MR) is 92.7 cm³/mol. The topological polar surface area (TPSA) is 59.0 Å². The van der Waals surface area contributed by atoms with Crippen molar-refractivity contribution >= 4 is 11.6 Å². The van der Waals surface area contributed by atoms with Crippen LogP contribution in [0.15, 0.2) is 24.3 Å². The molecule has 1 saturated heterocycles. The van der Waals surface area contributed by atoms with Gasteiger partial charge in [0.1, 0.15) is 12.4 Å². The lowest BCUT2D eigenvalue weighted by atomic mass is 9.70. The maximum absolute atomic E-state index is 13.1. The lowest BCUT2D eigenvalue weighted by molar-refractivity contribution is -0.274. The molecule has 1 aliphatic carbocycles. The summed E-state index contributed by atoms with van der Waals surface area (Å²) in [5.41, 5.74) is -0.418. The number of ether oxygens (including phenoxy) is 2. The van der Waals surface area contributed by atoms with Gasteiger partial charge in [0.15, 0.2) is 0 Å². The molecule has 1 amide bonds. The van der Waals surface area contributed by atoms with Crippen LogP contribution in [-0.2, 0) is 9.53 Å². The zero-order valence-electron chi connectivity index (χ0n) is 15.7. The van der Waals surface area contributed by atoms with Crippen molar-refractivity contribution in [1.82, 2.24) is 0 Å². The molecule has 1 aliphatic heterocycles. The molecule has 2 aliphatic rings. The largest absolute Gasteiger partial charge is 0.573 e. The summed E-state index contributed by atoms with van der Waals surface area (Å²) in [6.07, 6.45) is -5.40. The Morgan fingerprint density at radius 2 is 1.83 bits per heavy atom. The highest BCUT2D eigenvalue weighted by Gasteiger charge is 2.52. The number of halogens is 5. The van der Waals surface area contributed by atoms with E-state index in [0.717, 1.165) is 12.1 Å². The van der Waals surface area contributed by atoms with Gasteiger partial charge in [0.25, 0.3) is 5.92 Å². The molecule has 5 nitrogen and oxygen atoms in total. The molecule has 1 heterocycles. The Kier molecular flexibility index (Phi) is 5.79. The van der Waals surface area contributed by atoms with Gasteiger partial charge in [-0.05, 0) is 49.9 Å². The maximum Gasteiger partial charge on any atom is 0.573 e. The van der Waals surface area contributed by atoms with Crippen LogP contribution in [0.4, 0.5) is 27.6 Å². The molecule has 162 valence electrons. The van der Waals surface area contributed by atoms with Crippen molar-refractivity contribution in [2.45, 2.75) is 57.1 Å². The van der Waals surface area contributed by atoms with Gasteiger partial charge in [-0.2, -0.15) is 0 Å². The normalized spacial score (nSPS) is 28.2. The molecule has 3 rings (SSSR count). The highest BCUT2D eigenvalue weighted by molar-refractivity contribution is 6.00. The molecule has 3 unspecified atom stereocenters. The number of nitrogens with zero attached hydrogens (tertiary/aromatic N) is 1. The van der Waals surface area contributed by atoms with Gasteiger partial charge in [-0.3, -0.25) is 4.79 Å². The van der Waals surface area contributed by atoms with Crippen molar-refractivity contribution in [3.63, 3.8) is 0 Å². The molecule has 1 aromatic carbocycles. The summed E-state index contributed by atoms with van der Waals surface area (Å²) >= 11 is 0. The number of carbonyl (C=O) groups excluding carboxylic acids is 1. The molecule has 1 spiro atoms. The van der Waals surface area contributed by atoms with Crippen LogP contribution >= 0.6 is 0 Å². The summed E-state index contributed by atoms with van der Waals surface area (Å²) in [6, 6.07) is 4.98. The van der Waals surface area contributed by atoms with Crippen LogP contribution in [0, 0.1) is 5.41 Å². The van der Waals surface area contributed by atoms with Gasteiger partial charge in [-0.15, -0.1) is 13.2 Å². The lowest BCUT2D eigenvalue weighted by Crippen LogP contribution is -2.46. The summed E-state index contributed by atoms with van der Waals surface area (Å²) < 4.78 is 72.1. The fourth-order valence-corrected chi connectivity index (χ4v) is 3.97. The van der Waals surface area contributed by atoms with Gasteiger partial charge in [0.2, 0.25) is 5.91 Å². The Hall–Kier alpha value is -1.94. The lowest BCUT2D eigenvalue weighted by Gasteiger charge is -2.39. The van der Waals surface area contributed by atoms with Crippen molar-refractivity contribution in [1.29, 1.82) is 0 Å². The Bertz CT molecular complexity index is 734. The third-order valence-electron chi connectivity index (χ3n) is 5.39. The number of alkyl halides is 5. The first-order valence-electron chi connectivity index (χ1n) is 9.24. The second-order valence-electron chi connectivity index (χ2n) is 7.76. The number of carbonyl (C=O) groups is 1. The quantitative estimate of drug-likeness (QED) is 0.730. The van der Waals surface area contributed by atoms with E-state index < -0.39 is 42.3 Å². The molecule has 1 N–H and O–H groups in total. The summed E-state index contributed by atoms with van der Waals surface area (Å²) in [5, 5.41) is 10.1. The van der Waals surface area contributed by atoms with Crippen molar-refractivity contribution in [2.75, 3.05) is 18.1 Å². The molecular weight excluding hydrogens is 401 g/mol. The smallest absolute Gasteiger partial charge is 0.406 e. The van der Waals surface area contributed by atoms with Crippen molar-refractivity contribution in [3.05, 3.63) is 24.3 Å². The number of hydrogen-bond acceptors (Lipinski definition) is 4. The van der Waals surface area contributed by atoms with Gasteiger partial charge >= 0.3 is 6.36 Å². The number of anilines is 1. The zero-order valence-corrected chi connectivity index (χ0v) is 15.7. The molecular formula is C19H22F5NO4. The number of amides is 1. The standard InChI is InChI=1S/C19H22F5NO4/c1-17(20,21)11-28-15-10-18(7-6-14(15)26)8-9-25(16(18)27)12-2-4-13(5-3-12)29-19(22,23)24/h2-5,14-15,26H,6-11H2,1H3. The summed E-state index contributed by atoms with van der Waals surface area (Å²) in [4.78, 5) is 14.5. The van der Waals surface area contributed by atoms with Crippen molar-refractivity contribution in [3.8, 4) is 5.75 Å². The number of aliphatic hydroxyl groups is 1. The molecule has 1 aromatic rings. The third-order valence-corrected chi connectivity index (χ3v) is 5.39. The maximum atomic E-state index is 13.1. The Labute approximate surface area is 164 Å². The average molecular weight is 423 g/mol. The molecule has 0 bridgehead atoms. The van der Waals surface area contributed by atoms with Crippen LogP contribution in [0.3, 0.4) is 0 Å². The average Bonchev–Trinajstić information content (AvgIpc) is 2.91. The van der Waals surface area contributed by atoms with E-state index in [1.165, 1.54) is 17.0 Å². The Morgan fingerprint density at radius 1 is 1.17 bits per heavy atom. The molecule has 2 fully saturated rings. The second kappa shape index (κ2) is 7.71. The second-order valence-corrected chi connectivity index (χ2v) is 7.76. The van der Waals surface area contributed by atoms with Gasteiger partial charge in [0, 0.05) is 19.2 Å². The fourth-order valence-electron chi connectivity index (χ4n) is 3.97. The van der Waals surface area contributed by atoms with Crippen LogP contribution in [-0.4, -0.2) is 48.7 Å². The van der Waals surface area contributed by atoms with E-state index in [-0.39, 0.29) is 18.7 Å². The first kappa shape index (κ1) is 21.8. The summed E-state index contributed by atoms with van der Waals surface area (Å²) in [6.45, 7) is 0.209. The van der Waals surface area contributed by atoms with Crippen LogP contribution in [0.25, 0.3) is 0 Å². The van der Waals surface area contributed by atoms with E-state index in [0.29, 0.717) is 32.0 Å². The van der Waals surface area contributed by atoms with E-state index in [1.54, 1.807) is 0 Å². The fraction of sp³-hybridized carbons (Fsp3) is 0.632. The SMILES string of the molecule is CC(F)(F)COC1CC2(CCC1O)CCN(c1ccc(OC(F)(F)F)cc1)C2=O. The zero-order chi connectivity index (χ0) is 21.4. The minimum atomic E-state index is -4.80. The van der Waals surface area contributed by atoms with Gasteiger partial charge in [-0.1, -0.05) is 0 Å². The molecule has 1 saturated carbocycles. The molecule has 3 atom stereocenters. The third kappa shape index (κ3) is 5.16. The van der Waals surface area contributed by atoms with Gasteiger partial charge in [-0.25, -0.2) is 8.78 Å². The van der Waals surface area contributed by atoms with Crippen LogP contribution in [0.5, 0.6) is 5.75 Å². The number of benzene rings is 1. The van der Waals surface area contributed by atoms with Crippen LogP contribution in [0.2, 0.25) is 0 Å². The first-order valence-corrected chi connectivity index (χ1v) is 9.24. The minimum absolute atomic E-state index is 0.120. The minimum Gasteiger partial charge on any atom is -0.406 e. The predicted octanol–water partition coefficient (Wildman–Crippen LogP) is 3.89. The van der Waals surface area contributed by atoms with Crippen LogP contribution < -0.4 is 9.64 Å². The van der Waals surface area contributed by atoms with E-state index in [4.69, 9.17) is 4.74 Å². The summed E-state index contributed by atoms with van der Waals surface area (Å²) in [7, 11) is 0. The van der Waals surface area contributed by atoms with Crippen molar-refractivity contribution in [2.24, 2.45) is 5.41 Å². The molecule has 0 radical (unpaired) electrons. The number of rotatable bonds is 5. The highest BCUT2D eigenvalue weighted by atomic mass is 19.4. The van der Waals surface area contributed by atoms with Gasteiger partial charge in [0.05, 0.1) is 17.6 Å². The first-order chi connectivity index (χ1) is 13.4. The van der Waals surface area contributed by atoms with E-state index in [9.17, 15) is 31.9 Å². The highest BCUT2D eigenvalue weighted by Crippen LogP contribution is 2.47. The van der Waals surface area contributed by atoms with E-state index in [1.807, 2.05) is 0 Å². The van der Waals surface area contributed by atoms with Gasteiger partial charge < -0.3 is 19.5 Å².